The average molecular weight is 537 g/mol. The molecular formula is C22H28N6O8S. The topological polar surface area (TPSA) is 220 Å². The van der Waals surface area contributed by atoms with E-state index in [1.807, 2.05) is 0 Å². The van der Waals surface area contributed by atoms with Crippen LogP contribution in [0.15, 0.2) is 24.3 Å². The first-order valence-electron chi connectivity index (χ1n) is 11.1. The number of aliphatic carboxylic acids is 1. The lowest BCUT2D eigenvalue weighted by Crippen LogP contribution is -2.79. The van der Waals surface area contributed by atoms with E-state index in [1.54, 1.807) is 13.8 Å². The van der Waals surface area contributed by atoms with E-state index in [2.05, 4.69) is 21.3 Å². The number of hydrogen-bond donors (Lipinski definition) is 7. The Morgan fingerprint density at radius 2 is 1.81 bits per heavy atom. The van der Waals surface area contributed by atoms with Crippen LogP contribution in [0.5, 0.6) is 5.75 Å². The summed E-state index contributed by atoms with van der Waals surface area (Å²) in [5.74, 6) is -4.36. The fourth-order valence-electron chi connectivity index (χ4n) is 4.35. The Morgan fingerprint density at radius 3 is 2.35 bits per heavy atom. The van der Waals surface area contributed by atoms with E-state index in [-0.39, 0.29) is 24.1 Å². The second kappa shape index (κ2) is 10.3. The molecule has 0 saturated carbocycles. The Balaban J connectivity index is 1.84. The molecule has 0 spiro atoms. The number of fused-ring (bicyclic) bond motifs is 1. The zero-order chi connectivity index (χ0) is 27.7. The van der Waals surface area contributed by atoms with Crippen LogP contribution in [-0.2, 0) is 28.8 Å². The van der Waals surface area contributed by atoms with Crippen molar-refractivity contribution in [2.45, 2.75) is 54.2 Å². The van der Waals surface area contributed by atoms with Gasteiger partial charge in [0.2, 0.25) is 29.8 Å². The normalized spacial score (nSPS) is 25.1. The van der Waals surface area contributed by atoms with Crippen LogP contribution in [0.4, 0.5) is 0 Å². The fourth-order valence-corrected chi connectivity index (χ4v) is 6.06. The number of rotatable bonds is 10. The number of phenolic OH excluding ortho intramolecular Hbond substituents is 1. The third-order valence-electron chi connectivity index (χ3n) is 6.36. The van der Waals surface area contributed by atoms with Gasteiger partial charge in [-0.05, 0) is 31.5 Å². The molecule has 2 heterocycles. The minimum atomic E-state index is -2.03. The molecule has 0 bridgehead atoms. The molecule has 1 aromatic carbocycles. The van der Waals surface area contributed by atoms with Gasteiger partial charge in [0.25, 0.3) is 5.91 Å². The predicted molar refractivity (Wildman–Crippen MR) is 129 cm³/mol. The van der Waals surface area contributed by atoms with Gasteiger partial charge in [-0.25, -0.2) is 4.79 Å². The summed E-state index contributed by atoms with van der Waals surface area (Å²) >= 11 is 1.09. The molecule has 2 aliphatic rings. The lowest BCUT2D eigenvalue weighted by atomic mass is 9.88. The highest BCUT2D eigenvalue weighted by Gasteiger charge is 2.73. The van der Waals surface area contributed by atoms with Crippen molar-refractivity contribution in [2.75, 3.05) is 7.05 Å². The molecular weight excluding hydrogens is 508 g/mol. The molecule has 2 unspecified atom stereocenters. The Morgan fingerprint density at radius 1 is 1.19 bits per heavy atom. The monoisotopic (exact) mass is 536 g/mol. The van der Waals surface area contributed by atoms with E-state index in [0.717, 1.165) is 16.7 Å². The third-order valence-corrected chi connectivity index (χ3v) is 7.97. The van der Waals surface area contributed by atoms with Gasteiger partial charge in [-0.2, -0.15) is 0 Å². The van der Waals surface area contributed by atoms with Crippen molar-refractivity contribution in [3.8, 4) is 5.75 Å². The molecule has 3 rings (SSSR count). The summed E-state index contributed by atoms with van der Waals surface area (Å²) in [6, 6.07) is 1.58. The molecule has 5 atom stereocenters. The van der Waals surface area contributed by atoms with Gasteiger partial charge in [-0.1, -0.05) is 12.1 Å². The van der Waals surface area contributed by atoms with Gasteiger partial charge >= 0.3 is 5.97 Å². The van der Waals surface area contributed by atoms with Crippen molar-refractivity contribution in [3.05, 3.63) is 29.8 Å². The number of nitrogens with two attached hydrogens (primary N) is 1. The maximum Gasteiger partial charge on any atom is 0.352 e. The molecule has 2 fully saturated rings. The molecule has 2 aliphatic heterocycles. The zero-order valence-electron chi connectivity index (χ0n) is 20.2. The molecule has 0 aliphatic carbocycles. The summed E-state index contributed by atoms with van der Waals surface area (Å²) in [6.45, 7) is 3.11. The summed E-state index contributed by atoms with van der Waals surface area (Å²) in [5.41, 5.74) is 4.01. The smallest absolute Gasteiger partial charge is 0.352 e. The van der Waals surface area contributed by atoms with E-state index in [0.29, 0.717) is 0 Å². The maximum absolute atomic E-state index is 13.3. The number of carboxylic acids is 1. The van der Waals surface area contributed by atoms with Gasteiger partial charge < -0.3 is 37.2 Å². The second-order valence-electron chi connectivity index (χ2n) is 9.01. The summed E-state index contributed by atoms with van der Waals surface area (Å²) in [5, 5.41) is 28.3. The number of carbonyl (C=O) groups excluding carboxylic acids is 5. The summed E-state index contributed by atoms with van der Waals surface area (Å²) in [7, 11) is 1.38. The van der Waals surface area contributed by atoms with Gasteiger partial charge in [0.15, 0.2) is 0 Å². The Hall–Kier alpha value is -3.85. The number of hydrogen-bond acceptors (Lipinski definition) is 9. The molecule has 14 nitrogen and oxygen atoms in total. The molecule has 0 aromatic heterocycles. The highest BCUT2D eigenvalue weighted by molar-refractivity contribution is 8.01. The second-order valence-corrected chi connectivity index (χ2v) is 10.7. The predicted octanol–water partition coefficient (Wildman–Crippen LogP) is -2.28. The number of carbonyl (C=O) groups is 6. The number of phenols is 1. The third kappa shape index (κ3) is 4.79. The molecule has 1 aromatic rings. The average Bonchev–Trinajstić information content (AvgIpc) is 3.06. The van der Waals surface area contributed by atoms with Gasteiger partial charge in [-0.15, -0.1) is 11.8 Å². The van der Waals surface area contributed by atoms with Crippen molar-refractivity contribution in [1.82, 2.24) is 26.2 Å². The molecule has 8 N–H and O–H groups in total. The van der Waals surface area contributed by atoms with Crippen molar-refractivity contribution >= 4 is 47.8 Å². The van der Waals surface area contributed by atoms with Crippen LogP contribution in [-0.4, -0.2) is 86.0 Å². The number of β-lactam (4-membered cyclic amide) rings is 1. The van der Waals surface area contributed by atoms with E-state index in [1.165, 1.54) is 31.3 Å². The molecule has 5 amide bonds. The van der Waals surface area contributed by atoms with Crippen molar-refractivity contribution in [3.63, 3.8) is 0 Å². The number of carboxylic acid groups (broad SMARTS) is 1. The summed E-state index contributed by atoms with van der Waals surface area (Å²) in [6.07, 6.45) is -0.131. The first kappa shape index (κ1) is 27.7. The molecule has 200 valence electrons. The number of benzene rings is 1. The number of amides is 5. The minimum Gasteiger partial charge on any atom is -0.508 e. The van der Waals surface area contributed by atoms with Crippen LogP contribution in [0.1, 0.15) is 31.9 Å². The van der Waals surface area contributed by atoms with Gasteiger partial charge in [-0.3, -0.25) is 28.9 Å². The SMILES string of the molecule is CNC(=O)CC(N)C(=O)NC(C(=O)N[C@H]1C(=O)N2[C@@H]1SC(C)(C)[C@]2(NC=O)C(=O)O)c1ccc(O)cc1. The van der Waals surface area contributed by atoms with Crippen LogP contribution in [0.2, 0.25) is 0 Å². The highest BCUT2D eigenvalue weighted by Crippen LogP contribution is 2.55. The maximum atomic E-state index is 13.3. The number of thioether (sulfide) groups is 1. The quantitative estimate of drug-likeness (QED) is 0.125. The first-order chi connectivity index (χ1) is 17.3. The summed E-state index contributed by atoms with van der Waals surface area (Å²) in [4.78, 5) is 75.0. The van der Waals surface area contributed by atoms with Crippen LogP contribution in [0, 0.1) is 0 Å². The molecule has 2 saturated heterocycles. The molecule has 0 radical (unpaired) electrons. The van der Waals surface area contributed by atoms with E-state index in [4.69, 9.17) is 5.73 Å². The lowest BCUT2D eigenvalue weighted by Gasteiger charge is -2.49. The number of nitrogens with zero attached hydrogens (tertiary/aromatic N) is 1. The largest absolute Gasteiger partial charge is 0.508 e. The molecule has 37 heavy (non-hydrogen) atoms. The van der Waals surface area contributed by atoms with E-state index >= 15 is 0 Å². The highest BCUT2D eigenvalue weighted by atomic mass is 32.2. The number of aromatic hydroxyl groups is 1. The zero-order valence-corrected chi connectivity index (χ0v) is 21.0. The standard InChI is InChI=1S/C22H28N6O8S/c1-21(2)22(20(35)36,25-9-29)28-18(34)15(19(28)37-21)27-17(33)14(10-4-6-11(30)7-5-10)26-16(32)12(23)8-13(31)24-3/h4-7,9,12,14-15,19,30H,8,23H2,1-3H3,(H,24,31)(H,25,29)(H,26,32)(H,27,33)(H,35,36)/t12?,14?,15-,19+,22-/m0/s1. The van der Waals surface area contributed by atoms with Crippen LogP contribution < -0.4 is 27.0 Å². The first-order valence-corrected chi connectivity index (χ1v) is 12.0. The van der Waals surface area contributed by atoms with Crippen LogP contribution in [0.25, 0.3) is 0 Å². The summed E-state index contributed by atoms with van der Waals surface area (Å²) < 4.78 is -1.16. The van der Waals surface area contributed by atoms with Crippen molar-refractivity contribution in [2.24, 2.45) is 5.73 Å². The Bertz CT molecular complexity index is 1130. The number of nitrogens with one attached hydrogen (secondary N) is 4. The van der Waals surface area contributed by atoms with E-state index in [9.17, 15) is 39.0 Å². The molecule has 15 heteroatoms. The Kier molecular flexibility index (Phi) is 7.69. The van der Waals surface area contributed by atoms with Crippen LogP contribution >= 0.6 is 11.8 Å². The lowest BCUT2D eigenvalue weighted by molar-refractivity contribution is -0.175. The van der Waals surface area contributed by atoms with Gasteiger partial charge in [0, 0.05) is 7.05 Å². The van der Waals surface area contributed by atoms with Gasteiger partial charge in [0.1, 0.15) is 23.2 Å². The van der Waals surface area contributed by atoms with E-state index < -0.39 is 63.5 Å². The van der Waals surface area contributed by atoms with Gasteiger partial charge in [0.05, 0.1) is 17.2 Å². The van der Waals surface area contributed by atoms with Crippen molar-refractivity contribution in [1.29, 1.82) is 0 Å². The van der Waals surface area contributed by atoms with Crippen LogP contribution in [0.3, 0.4) is 0 Å². The Labute approximate surface area is 215 Å². The minimum absolute atomic E-state index is 0.0901. The van der Waals surface area contributed by atoms with Crippen molar-refractivity contribution < 1.29 is 39.0 Å². The fraction of sp³-hybridized carbons (Fsp3) is 0.455.